The molecular formula is C14H18F2N2O. The molecule has 0 saturated heterocycles. The molecule has 0 atom stereocenters. The summed E-state index contributed by atoms with van der Waals surface area (Å²) in [7, 11) is 0. The predicted molar refractivity (Wildman–Crippen MR) is 70.0 cm³/mol. The number of nitrogens with one attached hydrogen (secondary N) is 2. The SMILES string of the molecule is O=C(NCC1CCCCC1)Nc1cc(F)cc(F)c1. The standard InChI is InChI=1S/C14H18F2N2O/c15-11-6-12(16)8-13(7-11)18-14(19)17-9-10-4-2-1-3-5-10/h6-8,10H,1-5,9H2,(H2,17,18,19). The van der Waals surface area contributed by atoms with Gasteiger partial charge in [0.2, 0.25) is 0 Å². The van der Waals surface area contributed by atoms with Crippen LogP contribution >= 0.6 is 0 Å². The molecule has 2 amide bonds. The van der Waals surface area contributed by atoms with Crippen LogP contribution in [0.4, 0.5) is 19.3 Å². The van der Waals surface area contributed by atoms with Crippen LogP contribution in [0.2, 0.25) is 0 Å². The topological polar surface area (TPSA) is 41.1 Å². The van der Waals surface area contributed by atoms with E-state index in [2.05, 4.69) is 10.6 Å². The number of carbonyl (C=O) groups is 1. The molecule has 2 N–H and O–H groups in total. The summed E-state index contributed by atoms with van der Waals surface area (Å²) in [6, 6.07) is 2.52. The number of halogens is 2. The molecule has 1 aliphatic carbocycles. The van der Waals surface area contributed by atoms with Crippen LogP contribution in [0.25, 0.3) is 0 Å². The van der Waals surface area contributed by atoms with Crippen LogP contribution in [0.1, 0.15) is 32.1 Å². The minimum Gasteiger partial charge on any atom is -0.338 e. The Morgan fingerprint density at radius 1 is 1.11 bits per heavy atom. The van der Waals surface area contributed by atoms with Crippen molar-refractivity contribution >= 4 is 11.7 Å². The molecule has 1 aliphatic rings. The maximum atomic E-state index is 12.9. The molecule has 19 heavy (non-hydrogen) atoms. The second-order valence-corrected chi connectivity index (χ2v) is 5.00. The lowest BCUT2D eigenvalue weighted by Gasteiger charge is -2.21. The number of hydrogen-bond acceptors (Lipinski definition) is 1. The molecule has 0 heterocycles. The number of rotatable bonds is 3. The van der Waals surface area contributed by atoms with Crippen molar-refractivity contribution in [1.82, 2.24) is 5.32 Å². The highest BCUT2D eigenvalue weighted by molar-refractivity contribution is 5.89. The minimum atomic E-state index is -0.706. The number of benzene rings is 1. The lowest BCUT2D eigenvalue weighted by Crippen LogP contribution is -2.33. The summed E-state index contributed by atoms with van der Waals surface area (Å²) in [4.78, 5) is 11.6. The van der Waals surface area contributed by atoms with Crippen molar-refractivity contribution in [3.63, 3.8) is 0 Å². The Balaban J connectivity index is 1.80. The van der Waals surface area contributed by atoms with Crippen molar-refractivity contribution in [2.45, 2.75) is 32.1 Å². The first kappa shape index (κ1) is 13.8. The number of hydrogen-bond donors (Lipinski definition) is 2. The summed E-state index contributed by atoms with van der Waals surface area (Å²) >= 11 is 0. The van der Waals surface area contributed by atoms with E-state index in [0.717, 1.165) is 31.0 Å². The third-order valence-corrected chi connectivity index (χ3v) is 3.40. The highest BCUT2D eigenvalue weighted by Crippen LogP contribution is 2.22. The van der Waals surface area contributed by atoms with Crippen molar-refractivity contribution in [2.75, 3.05) is 11.9 Å². The van der Waals surface area contributed by atoms with Gasteiger partial charge in [-0.25, -0.2) is 13.6 Å². The van der Waals surface area contributed by atoms with E-state index >= 15 is 0 Å². The fourth-order valence-electron chi connectivity index (χ4n) is 2.43. The van der Waals surface area contributed by atoms with Gasteiger partial charge in [-0.2, -0.15) is 0 Å². The van der Waals surface area contributed by atoms with E-state index in [1.807, 2.05) is 0 Å². The van der Waals surface area contributed by atoms with Crippen molar-refractivity contribution in [3.8, 4) is 0 Å². The number of urea groups is 1. The molecule has 0 spiro atoms. The fourth-order valence-corrected chi connectivity index (χ4v) is 2.43. The molecule has 1 aromatic carbocycles. The zero-order valence-corrected chi connectivity index (χ0v) is 10.7. The van der Waals surface area contributed by atoms with Gasteiger partial charge in [0.05, 0.1) is 0 Å². The molecule has 104 valence electrons. The molecule has 0 bridgehead atoms. The zero-order valence-electron chi connectivity index (χ0n) is 10.7. The predicted octanol–water partition coefficient (Wildman–Crippen LogP) is 3.67. The lowest BCUT2D eigenvalue weighted by molar-refractivity contribution is 0.247. The highest BCUT2D eigenvalue weighted by Gasteiger charge is 2.14. The van der Waals surface area contributed by atoms with E-state index in [1.54, 1.807) is 0 Å². The van der Waals surface area contributed by atoms with Crippen LogP contribution in [-0.2, 0) is 0 Å². The summed E-state index contributed by atoms with van der Waals surface area (Å²) in [6.07, 6.45) is 5.96. The second kappa shape index (κ2) is 6.50. The van der Waals surface area contributed by atoms with Crippen LogP contribution in [-0.4, -0.2) is 12.6 Å². The summed E-state index contributed by atoms with van der Waals surface area (Å²) < 4.78 is 25.9. The van der Waals surface area contributed by atoms with E-state index < -0.39 is 17.7 Å². The van der Waals surface area contributed by atoms with Crippen molar-refractivity contribution in [3.05, 3.63) is 29.8 Å². The van der Waals surface area contributed by atoms with Gasteiger partial charge in [-0.15, -0.1) is 0 Å². The van der Waals surface area contributed by atoms with Gasteiger partial charge in [0.1, 0.15) is 11.6 Å². The molecule has 0 radical (unpaired) electrons. The summed E-state index contributed by atoms with van der Waals surface area (Å²) in [6.45, 7) is 0.615. The molecule has 2 rings (SSSR count). The Bertz CT molecular complexity index is 425. The maximum Gasteiger partial charge on any atom is 0.319 e. The monoisotopic (exact) mass is 268 g/mol. The summed E-state index contributed by atoms with van der Waals surface area (Å²) in [5.74, 6) is -0.895. The van der Waals surface area contributed by atoms with E-state index in [0.29, 0.717) is 12.5 Å². The first-order chi connectivity index (χ1) is 9.13. The Morgan fingerprint density at radius 3 is 2.37 bits per heavy atom. The van der Waals surface area contributed by atoms with Gasteiger partial charge >= 0.3 is 6.03 Å². The average Bonchev–Trinajstić information content (AvgIpc) is 2.36. The van der Waals surface area contributed by atoms with Gasteiger partial charge < -0.3 is 10.6 Å². The maximum absolute atomic E-state index is 12.9. The molecule has 0 aliphatic heterocycles. The number of amides is 2. The molecule has 3 nitrogen and oxygen atoms in total. The number of carbonyl (C=O) groups excluding carboxylic acids is 1. The highest BCUT2D eigenvalue weighted by atomic mass is 19.1. The van der Waals surface area contributed by atoms with Crippen LogP contribution in [0.5, 0.6) is 0 Å². The van der Waals surface area contributed by atoms with Gasteiger partial charge in [-0.1, -0.05) is 19.3 Å². The molecule has 0 aromatic heterocycles. The van der Waals surface area contributed by atoms with Crippen LogP contribution in [0, 0.1) is 17.6 Å². The molecule has 1 aromatic rings. The Kier molecular flexibility index (Phi) is 4.71. The molecule has 1 saturated carbocycles. The largest absolute Gasteiger partial charge is 0.338 e. The fraction of sp³-hybridized carbons (Fsp3) is 0.500. The molecule has 0 unspecified atom stereocenters. The first-order valence-corrected chi connectivity index (χ1v) is 6.64. The Hall–Kier alpha value is -1.65. The Labute approximate surface area is 111 Å². The molecule has 1 fully saturated rings. The third kappa shape index (κ3) is 4.50. The van der Waals surface area contributed by atoms with E-state index in [1.165, 1.54) is 19.3 Å². The van der Waals surface area contributed by atoms with E-state index in [9.17, 15) is 13.6 Å². The third-order valence-electron chi connectivity index (χ3n) is 3.40. The van der Waals surface area contributed by atoms with Crippen molar-refractivity contribution < 1.29 is 13.6 Å². The van der Waals surface area contributed by atoms with Crippen molar-refractivity contribution in [2.24, 2.45) is 5.92 Å². The first-order valence-electron chi connectivity index (χ1n) is 6.64. The number of anilines is 1. The van der Waals surface area contributed by atoms with Gasteiger partial charge in [0.15, 0.2) is 0 Å². The summed E-state index contributed by atoms with van der Waals surface area (Å²) in [5.41, 5.74) is 0.124. The Morgan fingerprint density at radius 2 is 1.74 bits per heavy atom. The normalized spacial score (nSPS) is 16.1. The van der Waals surface area contributed by atoms with Crippen LogP contribution in [0.15, 0.2) is 18.2 Å². The van der Waals surface area contributed by atoms with Crippen LogP contribution in [0.3, 0.4) is 0 Å². The molecular weight excluding hydrogens is 250 g/mol. The average molecular weight is 268 g/mol. The lowest BCUT2D eigenvalue weighted by atomic mass is 9.89. The van der Waals surface area contributed by atoms with Crippen molar-refractivity contribution in [1.29, 1.82) is 0 Å². The van der Waals surface area contributed by atoms with E-state index in [-0.39, 0.29) is 5.69 Å². The second-order valence-electron chi connectivity index (χ2n) is 5.00. The quantitative estimate of drug-likeness (QED) is 0.863. The molecule has 5 heteroatoms. The van der Waals surface area contributed by atoms with Gasteiger partial charge in [-0.3, -0.25) is 0 Å². The zero-order chi connectivity index (χ0) is 13.7. The summed E-state index contributed by atoms with van der Waals surface area (Å²) in [5, 5.41) is 5.18. The van der Waals surface area contributed by atoms with Gasteiger partial charge in [0, 0.05) is 18.3 Å². The van der Waals surface area contributed by atoms with Crippen LogP contribution < -0.4 is 10.6 Å². The minimum absolute atomic E-state index is 0.124. The smallest absolute Gasteiger partial charge is 0.319 e. The van der Waals surface area contributed by atoms with Gasteiger partial charge in [0.25, 0.3) is 0 Å². The van der Waals surface area contributed by atoms with E-state index in [4.69, 9.17) is 0 Å². The van der Waals surface area contributed by atoms with Gasteiger partial charge in [-0.05, 0) is 30.9 Å².